The summed E-state index contributed by atoms with van der Waals surface area (Å²) in [4.78, 5) is 0. The molecule has 0 aromatic heterocycles. The Morgan fingerprint density at radius 1 is 0.600 bits per heavy atom. The zero-order chi connectivity index (χ0) is 11.6. The Morgan fingerprint density at radius 2 is 0.933 bits per heavy atom. The molecule has 0 N–H and O–H groups in total. The van der Waals surface area contributed by atoms with Gasteiger partial charge in [0.25, 0.3) is 0 Å². The summed E-state index contributed by atoms with van der Waals surface area (Å²) in [5.74, 6) is 0. The molecular weight excluding hydrogens is 199 g/mol. The fraction of sp³-hybridized carbons (Fsp3) is 1.00. The second-order valence-electron chi connectivity index (χ2n) is 5.16. The molecule has 0 rings (SSSR count). The molecular formula is C14H33P. The van der Waals surface area contributed by atoms with Crippen molar-refractivity contribution in [2.75, 3.05) is 24.6 Å². The van der Waals surface area contributed by atoms with Crippen molar-refractivity contribution in [3.8, 4) is 0 Å². The van der Waals surface area contributed by atoms with Crippen molar-refractivity contribution in [2.24, 2.45) is 0 Å². The third kappa shape index (κ3) is 6.56. The van der Waals surface area contributed by atoms with Crippen LogP contribution >= 0.6 is 7.26 Å². The van der Waals surface area contributed by atoms with Gasteiger partial charge in [-0.25, -0.2) is 0 Å². The fourth-order valence-corrected chi connectivity index (χ4v) is 7.68. The summed E-state index contributed by atoms with van der Waals surface area (Å²) >= 11 is 0. The molecule has 0 aromatic carbocycles. The first-order valence-electron chi connectivity index (χ1n) is 7.24. The van der Waals surface area contributed by atoms with Crippen LogP contribution in [0, 0.1) is 0 Å². The SMILES string of the molecule is CCCC[PH](CC)(CCCC)CCCC. The molecule has 0 aliphatic carbocycles. The monoisotopic (exact) mass is 232 g/mol. The molecule has 15 heavy (non-hydrogen) atoms. The second-order valence-corrected chi connectivity index (χ2v) is 10.4. The molecule has 0 aliphatic heterocycles. The van der Waals surface area contributed by atoms with Gasteiger partial charge in [-0.05, 0) is 0 Å². The summed E-state index contributed by atoms with van der Waals surface area (Å²) in [6, 6.07) is 0. The molecule has 1 heteroatoms. The average Bonchev–Trinajstić information content (AvgIpc) is 2.29. The zero-order valence-electron chi connectivity index (χ0n) is 11.6. The van der Waals surface area contributed by atoms with Gasteiger partial charge in [0.1, 0.15) is 0 Å². The Balaban J connectivity index is 4.16. The van der Waals surface area contributed by atoms with E-state index in [2.05, 4.69) is 27.7 Å². The summed E-state index contributed by atoms with van der Waals surface area (Å²) < 4.78 is 0. The Hall–Kier alpha value is 0.430. The molecule has 94 valence electrons. The number of unbranched alkanes of at least 4 members (excludes halogenated alkanes) is 3. The molecule has 0 heterocycles. The maximum absolute atomic E-state index is 2.47. The molecule has 0 unspecified atom stereocenters. The van der Waals surface area contributed by atoms with Gasteiger partial charge in [0.2, 0.25) is 0 Å². The van der Waals surface area contributed by atoms with E-state index in [4.69, 9.17) is 0 Å². The van der Waals surface area contributed by atoms with Crippen molar-refractivity contribution < 1.29 is 0 Å². The Kier molecular flexibility index (Phi) is 9.92. The summed E-state index contributed by atoms with van der Waals surface area (Å²) in [6.45, 7) is 9.49. The van der Waals surface area contributed by atoms with Crippen LogP contribution < -0.4 is 0 Å². The molecule has 0 fully saturated rings. The Bertz CT molecular complexity index is 110. The second kappa shape index (κ2) is 9.64. The number of hydrogen-bond acceptors (Lipinski definition) is 0. The van der Waals surface area contributed by atoms with Crippen LogP contribution in [-0.2, 0) is 0 Å². The summed E-state index contributed by atoms with van der Waals surface area (Å²) in [7, 11) is -0.832. The van der Waals surface area contributed by atoms with Crippen LogP contribution in [0.2, 0.25) is 0 Å². The predicted molar refractivity (Wildman–Crippen MR) is 78.2 cm³/mol. The van der Waals surface area contributed by atoms with Crippen LogP contribution in [0.3, 0.4) is 0 Å². The molecule has 0 saturated carbocycles. The summed E-state index contributed by atoms with van der Waals surface area (Å²) in [6.07, 6.45) is 15.0. The topological polar surface area (TPSA) is 0 Å². The van der Waals surface area contributed by atoms with Crippen molar-refractivity contribution in [1.29, 1.82) is 0 Å². The first-order chi connectivity index (χ1) is 7.24. The van der Waals surface area contributed by atoms with Gasteiger partial charge in [-0.2, -0.15) is 0 Å². The first kappa shape index (κ1) is 15.4. The van der Waals surface area contributed by atoms with E-state index >= 15 is 0 Å². The zero-order valence-corrected chi connectivity index (χ0v) is 12.6. The van der Waals surface area contributed by atoms with E-state index in [9.17, 15) is 0 Å². The predicted octanol–water partition coefficient (Wildman–Crippen LogP) is 5.16. The van der Waals surface area contributed by atoms with Gasteiger partial charge in [0, 0.05) is 0 Å². The molecule has 0 aromatic rings. The third-order valence-electron chi connectivity index (χ3n) is 3.93. The summed E-state index contributed by atoms with van der Waals surface area (Å²) in [5.41, 5.74) is 0. The van der Waals surface area contributed by atoms with Crippen LogP contribution in [0.25, 0.3) is 0 Å². The molecule has 0 amide bonds. The van der Waals surface area contributed by atoms with Crippen LogP contribution in [0.15, 0.2) is 0 Å². The quantitative estimate of drug-likeness (QED) is 0.457. The van der Waals surface area contributed by atoms with E-state index in [1.165, 1.54) is 44.7 Å². The molecule has 0 spiro atoms. The van der Waals surface area contributed by atoms with Crippen LogP contribution in [0.1, 0.15) is 66.2 Å². The van der Waals surface area contributed by atoms with E-state index in [0.29, 0.717) is 0 Å². The van der Waals surface area contributed by atoms with Crippen LogP contribution in [0.4, 0.5) is 0 Å². The minimum atomic E-state index is -0.832. The molecule has 0 nitrogen and oxygen atoms in total. The van der Waals surface area contributed by atoms with E-state index in [1.807, 2.05) is 0 Å². The van der Waals surface area contributed by atoms with Crippen LogP contribution in [-0.4, -0.2) is 24.6 Å². The van der Waals surface area contributed by atoms with Crippen molar-refractivity contribution in [3.63, 3.8) is 0 Å². The standard InChI is InChI=1S/C14H33P/c1-5-9-12-15(8-4,13-10-6-2)14-11-7-3/h15H,5-14H2,1-4H3. The maximum atomic E-state index is 2.47. The van der Waals surface area contributed by atoms with Gasteiger partial charge < -0.3 is 0 Å². The Labute approximate surface area is 98.6 Å². The van der Waals surface area contributed by atoms with Crippen molar-refractivity contribution in [2.45, 2.75) is 66.2 Å². The number of hydrogen-bond donors (Lipinski definition) is 0. The average molecular weight is 232 g/mol. The normalized spacial score (nSPS) is 13.1. The van der Waals surface area contributed by atoms with Gasteiger partial charge in [-0.1, -0.05) is 0 Å². The van der Waals surface area contributed by atoms with Crippen molar-refractivity contribution in [1.82, 2.24) is 0 Å². The molecule has 0 aliphatic rings. The molecule has 0 atom stereocenters. The minimum absolute atomic E-state index is 0.832. The van der Waals surface area contributed by atoms with Crippen molar-refractivity contribution >= 4 is 7.26 Å². The van der Waals surface area contributed by atoms with Crippen LogP contribution in [0.5, 0.6) is 0 Å². The van der Waals surface area contributed by atoms with E-state index in [1.54, 1.807) is 18.5 Å². The van der Waals surface area contributed by atoms with Gasteiger partial charge in [-0.15, -0.1) is 0 Å². The van der Waals surface area contributed by atoms with Gasteiger partial charge >= 0.3 is 98.1 Å². The third-order valence-corrected chi connectivity index (χ3v) is 9.67. The van der Waals surface area contributed by atoms with Gasteiger partial charge in [-0.3, -0.25) is 0 Å². The number of rotatable bonds is 10. The Morgan fingerprint density at radius 3 is 1.13 bits per heavy atom. The molecule has 0 bridgehead atoms. The molecule has 0 saturated heterocycles. The fourth-order valence-electron chi connectivity index (χ4n) is 2.56. The molecule has 0 radical (unpaired) electrons. The van der Waals surface area contributed by atoms with Gasteiger partial charge in [0.15, 0.2) is 0 Å². The van der Waals surface area contributed by atoms with Gasteiger partial charge in [0.05, 0.1) is 0 Å². The van der Waals surface area contributed by atoms with E-state index < -0.39 is 7.26 Å². The first-order valence-corrected chi connectivity index (χ1v) is 10.1. The van der Waals surface area contributed by atoms with E-state index in [-0.39, 0.29) is 0 Å². The van der Waals surface area contributed by atoms with Crippen molar-refractivity contribution in [3.05, 3.63) is 0 Å². The summed E-state index contributed by atoms with van der Waals surface area (Å²) in [5, 5.41) is 0. The van der Waals surface area contributed by atoms with E-state index in [0.717, 1.165) is 0 Å².